The van der Waals surface area contributed by atoms with Gasteiger partial charge in [-0.2, -0.15) is 5.10 Å². The summed E-state index contributed by atoms with van der Waals surface area (Å²) in [5.41, 5.74) is 8.68. The molecule has 0 bridgehead atoms. The minimum absolute atomic E-state index is 0.00846. The third-order valence-electron chi connectivity index (χ3n) is 3.55. The van der Waals surface area contributed by atoms with E-state index in [1.807, 2.05) is 32.0 Å². The second-order valence-corrected chi connectivity index (χ2v) is 6.61. The standard InChI is InChI=1S/C14H20N4O2S/c1-5-11-8-6-7-9(2)12(11)17-21(19,20)13-10(3)18(4)16-14(13)15/h6-8,17H,5H2,1-4H3,(H2,15,16). The van der Waals surface area contributed by atoms with E-state index in [1.54, 1.807) is 14.0 Å². The molecule has 1 aromatic carbocycles. The van der Waals surface area contributed by atoms with Gasteiger partial charge in [0.15, 0.2) is 10.7 Å². The lowest BCUT2D eigenvalue weighted by atomic mass is 10.1. The number of nitrogens with one attached hydrogen (secondary N) is 1. The normalized spacial score (nSPS) is 11.6. The molecule has 0 fully saturated rings. The zero-order chi connectivity index (χ0) is 15.8. The van der Waals surface area contributed by atoms with Gasteiger partial charge in [0.25, 0.3) is 10.0 Å². The lowest BCUT2D eigenvalue weighted by molar-refractivity contribution is 0.600. The van der Waals surface area contributed by atoms with Crippen molar-refractivity contribution in [3.63, 3.8) is 0 Å². The summed E-state index contributed by atoms with van der Waals surface area (Å²) < 4.78 is 29.4. The Morgan fingerprint density at radius 2 is 2.00 bits per heavy atom. The van der Waals surface area contributed by atoms with Gasteiger partial charge in [-0.3, -0.25) is 9.40 Å². The number of sulfonamides is 1. The summed E-state index contributed by atoms with van der Waals surface area (Å²) in [5.74, 6) is 0.00846. The van der Waals surface area contributed by atoms with Crippen molar-refractivity contribution in [1.29, 1.82) is 0 Å². The van der Waals surface area contributed by atoms with Crippen molar-refractivity contribution < 1.29 is 8.42 Å². The molecule has 6 nitrogen and oxygen atoms in total. The highest BCUT2D eigenvalue weighted by Gasteiger charge is 2.25. The quantitative estimate of drug-likeness (QED) is 0.903. The number of benzene rings is 1. The molecule has 2 aromatic rings. The summed E-state index contributed by atoms with van der Waals surface area (Å²) in [6.45, 7) is 5.53. The first-order valence-corrected chi connectivity index (χ1v) is 8.16. The number of nitrogens with zero attached hydrogens (tertiary/aromatic N) is 2. The third-order valence-corrected chi connectivity index (χ3v) is 5.06. The highest BCUT2D eigenvalue weighted by Crippen LogP contribution is 2.28. The Bertz CT molecular complexity index is 779. The predicted molar refractivity (Wildman–Crippen MR) is 83.7 cm³/mol. The minimum atomic E-state index is -3.77. The van der Waals surface area contributed by atoms with Crippen LogP contribution in [0.2, 0.25) is 0 Å². The number of rotatable bonds is 4. The van der Waals surface area contributed by atoms with E-state index in [9.17, 15) is 8.42 Å². The first-order valence-electron chi connectivity index (χ1n) is 6.68. The summed E-state index contributed by atoms with van der Waals surface area (Å²) in [4.78, 5) is 0.0373. The molecule has 114 valence electrons. The van der Waals surface area contributed by atoms with Gasteiger partial charge in [-0.05, 0) is 31.4 Å². The van der Waals surface area contributed by atoms with Gasteiger partial charge in [-0.1, -0.05) is 25.1 Å². The number of hydrogen-bond donors (Lipinski definition) is 2. The van der Waals surface area contributed by atoms with E-state index >= 15 is 0 Å². The summed E-state index contributed by atoms with van der Waals surface area (Å²) in [7, 11) is -2.10. The van der Waals surface area contributed by atoms with Crippen LogP contribution in [0, 0.1) is 13.8 Å². The zero-order valence-corrected chi connectivity index (χ0v) is 13.5. The van der Waals surface area contributed by atoms with Crippen LogP contribution >= 0.6 is 0 Å². The van der Waals surface area contributed by atoms with Gasteiger partial charge < -0.3 is 5.73 Å². The van der Waals surface area contributed by atoms with Crippen molar-refractivity contribution >= 4 is 21.5 Å². The molecule has 0 aliphatic heterocycles. The van der Waals surface area contributed by atoms with Crippen LogP contribution in [0.25, 0.3) is 0 Å². The van der Waals surface area contributed by atoms with Crippen molar-refractivity contribution in [1.82, 2.24) is 9.78 Å². The molecule has 7 heteroatoms. The summed E-state index contributed by atoms with van der Waals surface area (Å²) in [6.07, 6.45) is 0.737. The fourth-order valence-electron chi connectivity index (χ4n) is 2.30. The van der Waals surface area contributed by atoms with Crippen LogP contribution < -0.4 is 10.5 Å². The van der Waals surface area contributed by atoms with E-state index in [0.717, 1.165) is 17.5 Å². The van der Waals surface area contributed by atoms with Crippen molar-refractivity contribution in [2.75, 3.05) is 10.5 Å². The molecule has 0 spiro atoms. The van der Waals surface area contributed by atoms with Crippen LogP contribution in [0.1, 0.15) is 23.7 Å². The van der Waals surface area contributed by atoms with Crippen molar-refractivity contribution in [3.05, 3.63) is 35.0 Å². The minimum Gasteiger partial charge on any atom is -0.381 e. The van der Waals surface area contributed by atoms with Gasteiger partial charge in [-0.15, -0.1) is 0 Å². The third kappa shape index (κ3) is 2.73. The summed E-state index contributed by atoms with van der Waals surface area (Å²) in [5, 5.41) is 3.96. The maximum absolute atomic E-state index is 12.6. The van der Waals surface area contributed by atoms with Crippen LogP contribution in [0.5, 0.6) is 0 Å². The van der Waals surface area contributed by atoms with Crippen LogP contribution in [0.15, 0.2) is 23.1 Å². The number of nitrogen functional groups attached to an aromatic ring is 1. The summed E-state index contributed by atoms with van der Waals surface area (Å²) >= 11 is 0. The Labute approximate surface area is 125 Å². The molecular weight excluding hydrogens is 288 g/mol. The molecule has 0 aliphatic rings. The molecule has 2 rings (SSSR count). The lowest BCUT2D eigenvalue weighted by Crippen LogP contribution is -2.17. The lowest BCUT2D eigenvalue weighted by Gasteiger charge is -2.14. The van der Waals surface area contributed by atoms with Gasteiger partial charge in [0.2, 0.25) is 0 Å². The topological polar surface area (TPSA) is 90.0 Å². The van der Waals surface area contributed by atoms with E-state index in [2.05, 4.69) is 9.82 Å². The maximum Gasteiger partial charge on any atom is 0.267 e. The molecule has 0 unspecified atom stereocenters. The maximum atomic E-state index is 12.6. The number of anilines is 2. The molecule has 0 aliphatic carbocycles. The Hall–Kier alpha value is -2.02. The molecule has 0 saturated heterocycles. The smallest absolute Gasteiger partial charge is 0.267 e. The second-order valence-electron chi connectivity index (χ2n) is 4.99. The fourth-order valence-corrected chi connectivity index (χ4v) is 3.80. The Kier molecular flexibility index (Phi) is 3.95. The molecule has 1 heterocycles. The monoisotopic (exact) mass is 308 g/mol. The van der Waals surface area contributed by atoms with Gasteiger partial charge in [0.1, 0.15) is 0 Å². The molecule has 0 saturated carbocycles. The van der Waals surface area contributed by atoms with Crippen molar-refractivity contribution in [2.45, 2.75) is 32.1 Å². The molecule has 3 N–H and O–H groups in total. The number of hydrogen-bond acceptors (Lipinski definition) is 4. The van der Waals surface area contributed by atoms with Crippen LogP contribution in [0.4, 0.5) is 11.5 Å². The van der Waals surface area contributed by atoms with E-state index in [0.29, 0.717) is 11.4 Å². The van der Waals surface area contributed by atoms with Gasteiger partial charge in [-0.25, -0.2) is 8.42 Å². The Morgan fingerprint density at radius 1 is 1.33 bits per heavy atom. The Balaban J connectivity index is 2.53. The largest absolute Gasteiger partial charge is 0.381 e. The number of aromatic nitrogens is 2. The molecule has 0 amide bonds. The number of aryl methyl sites for hydroxylation is 3. The van der Waals surface area contributed by atoms with Crippen LogP contribution in [-0.4, -0.2) is 18.2 Å². The summed E-state index contributed by atoms with van der Waals surface area (Å²) in [6, 6.07) is 5.69. The number of para-hydroxylation sites is 1. The Morgan fingerprint density at radius 3 is 2.52 bits per heavy atom. The molecule has 21 heavy (non-hydrogen) atoms. The molecule has 0 atom stereocenters. The van der Waals surface area contributed by atoms with E-state index in [1.165, 1.54) is 4.68 Å². The second kappa shape index (κ2) is 5.40. The molecule has 0 radical (unpaired) electrons. The molecular formula is C14H20N4O2S. The molecule has 1 aromatic heterocycles. The first kappa shape index (κ1) is 15.4. The van der Waals surface area contributed by atoms with Gasteiger partial charge in [0, 0.05) is 7.05 Å². The van der Waals surface area contributed by atoms with Gasteiger partial charge in [0.05, 0.1) is 11.4 Å². The van der Waals surface area contributed by atoms with Crippen LogP contribution in [0.3, 0.4) is 0 Å². The highest BCUT2D eigenvalue weighted by molar-refractivity contribution is 7.93. The highest BCUT2D eigenvalue weighted by atomic mass is 32.2. The van der Waals surface area contributed by atoms with E-state index in [4.69, 9.17) is 5.73 Å². The van der Waals surface area contributed by atoms with Crippen molar-refractivity contribution in [3.8, 4) is 0 Å². The number of nitrogens with two attached hydrogens (primary N) is 1. The zero-order valence-electron chi connectivity index (χ0n) is 12.6. The van der Waals surface area contributed by atoms with E-state index in [-0.39, 0.29) is 10.7 Å². The van der Waals surface area contributed by atoms with E-state index < -0.39 is 10.0 Å². The van der Waals surface area contributed by atoms with Crippen LogP contribution in [-0.2, 0) is 23.5 Å². The average Bonchev–Trinajstić information content (AvgIpc) is 2.66. The predicted octanol–water partition coefficient (Wildman–Crippen LogP) is 1.98. The fraction of sp³-hybridized carbons (Fsp3) is 0.357. The van der Waals surface area contributed by atoms with Gasteiger partial charge >= 0.3 is 0 Å². The average molecular weight is 308 g/mol. The van der Waals surface area contributed by atoms with Crippen molar-refractivity contribution in [2.24, 2.45) is 7.05 Å². The first-order chi connectivity index (χ1) is 9.77. The SMILES string of the molecule is CCc1cccc(C)c1NS(=O)(=O)c1c(N)nn(C)c1C.